The first-order valence-corrected chi connectivity index (χ1v) is 5.63. The number of nitrogens with two attached hydrogens (primary N) is 1. The maximum absolute atomic E-state index is 11.5. The Hall–Kier alpha value is -2.08. The zero-order valence-electron chi connectivity index (χ0n) is 9.63. The fourth-order valence-corrected chi connectivity index (χ4v) is 1.60. The predicted molar refractivity (Wildman–Crippen MR) is 66.7 cm³/mol. The van der Waals surface area contributed by atoms with Crippen LogP contribution in [0.2, 0.25) is 5.15 Å². The second kappa shape index (κ2) is 5.05. The van der Waals surface area contributed by atoms with Gasteiger partial charge in [0.1, 0.15) is 5.15 Å². The van der Waals surface area contributed by atoms with Gasteiger partial charge in [-0.25, -0.2) is 14.5 Å². The van der Waals surface area contributed by atoms with Gasteiger partial charge in [0.15, 0.2) is 5.82 Å². The van der Waals surface area contributed by atoms with Crippen molar-refractivity contribution >= 4 is 23.3 Å². The first-order valence-electron chi connectivity index (χ1n) is 5.25. The number of nitrogen functional groups attached to an aromatic ring is 1. The van der Waals surface area contributed by atoms with Crippen molar-refractivity contribution in [1.29, 1.82) is 0 Å². The van der Waals surface area contributed by atoms with Gasteiger partial charge in [-0.15, -0.1) is 0 Å². The SMILES string of the molecule is CCOC(=O)c1cnn(-c2cc(N)cc(Cl)n2)c1. The number of rotatable bonds is 3. The van der Waals surface area contributed by atoms with Crippen LogP contribution in [0.3, 0.4) is 0 Å². The van der Waals surface area contributed by atoms with E-state index >= 15 is 0 Å². The Balaban J connectivity index is 2.32. The summed E-state index contributed by atoms with van der Waals surface area (Å²) in [5.74, 6) is 0.00861. The fraction of sp³-hybridized carbons (Fsp3) is 0.182. The molecule has 0 aliphatic heterocycles. The Morgan fingerprint density at radius 1 is 1.56 bits per heavy atom. The minimum atomic E-state index is -0.432. The molecule has 0 aromatic carbocycles. The molecule has 2 rings (SSSR count). The summed E-state index contributed by atoms with van der Waals surface area (Å²) < 4.78 is 6.27. The quantitative estimate of drug-likeness (QED) is 0.675. The number of nitrogens with zero attached hydrogens (tertiary/aromatic N) is 3. The largest absolute Gasteiger partial charge is 0.462 e. The van der Waals surface area contributed by atoms with Gasteiger partial charge in [-0.2, -0.15) is 5.10 Å². The highest BCUT2D eigenvalue weighted by Crippen LogP contribution is 2.15. The highest BCUT2D eigenvalue weighted by molar-refractivity contribution is 6.29. The standard InChI is InChI=1S/C11H11ClN4O2/c1-2-18-11(17)7-5-14-16(6-7)10-4-8(13)3-9(12)15-10/h3-6H,2H2,1H3,(H2,13,15). The van der Waals surface area contributed by atoms with Crippen LogP contribution in [0, 0.1) is 0 Å². The third-order valence-corrected chi connectivity index (χ3v) is 2.32. The smallest absolute Gasteiger partial charge is 0.341 e. The van der Waals surface area contributed by atoms with Crippen LogP contribution in [0.4, 0.5) is 5.69 Å². The lowest BCUT2D eigenvalue weighted by molar-refractivity contribution is 0.0526. The maximum Gasteiger partial charge on any atom is 0.341 e. The fourth-order valence-electron chi connectivity index (χ4n) is 1.39. The minimum absolute atomic E-state index is 0.262. The molecule has 0 spiro atoms. The van der Waals surface area contributed by atoms with E-state index in [0.29, 0.717) is 23.7 Å². The normalized spacial score (nSPS) is 10.3. The molecule has 0 saturated carbocycles. The van der Waals surface area contributed by atoms with Crippen molar-refractivity contribution in [2.45, 2.75) is 6.92 Å². The number of carbonyl (C=O) groups excluding carboxylic acids is 1. The van der Waals surface area contributed by atoms with E-state index in [-0.39, 0.29) is 5.15 Å². The van der Waals surface area contributed by atoms with E-state index in [9.17, 15) is 4.79 Å². The minimum Gasteiger partial charge on any atom is -0.462 e. The Morgan fingerprint density at radius 2 is 2.33 bits per heavy atom. The van der Waals surface area contributed by atoms with Crippen molar-refractivity contribution in [3.05, 3.63) is 35.2 Å². The van der Waals surface area contributed by atoms with E-state index in [2.05, 4.69) is 10.1 Å². The molecule has 2 aromatic heterocycles. The average Bonchev–Trinajstić information content (AvgIpc) is 2.77. The van der Waals surface area contributed by atoms with Crippen molar-refractivity contribution < 1.29 is 9.53 Å². The summed E-state index contributed by atoms with van der Waals surface area (Å²) in [5, 5.41) is 4.27. The molecule has 0 aliphatic rings. The van der Waals surface area contributed by atoms with Crippen LogP contribution < -0.4 is 5.73 Å². The number of carbonyl (C=O) groups is 1. The van der Waals surface area contributed by atoms with E-state index in [1.54, 1.807) is 13.0 Å². The molecule has 0 aliphatic carbocycles. The van der Waals surface area contributed by atoms with Gasteiger partial charge < -0.3 is 10.5 Å². The molecule has 18 heavy (non-hydrogen) atoms. The number of aromatic nitrogens is 3. The van der Waals surface area contributed by atoms with Crippen LogP contribution in [0.25, 0.3) is 5.82 Å². The van der Waals surface area contributed by atoms with Crippen molar-refractivity contribution in [2.75, 3.05) is 12.3 Å². The molecule has 0 fully saturated rings. The summed E-state index contributed by atoms with van der Waals surface area (Å²) >= 11 is 5.80. The predicted octanol–water partition coefficient (Wildman–Crippen LogP) is 1.68. The average molecular weight is 267 g/mol. The molecule has 0 unspecified atom stereocenters. The monoisotopic (exact) mass is 266 g/mol. The van der Waals surface area contributed by atoms with E-state index < -0.39 is 5.97 Å². The lowest BCUT2D eigenvalue weighted by Gasteiger charge is -2.02. The number of ether oxygens (including phenoxy) is 1. The van der Waals surface area contributed by atoms with Gasteiger partial charge in [-0.1, -0.05) is 11.6 Å². The maximum atomic E-state index is 11.5. The highest BCUT2D eigenvalue weighted by atomic mass is 35.5. The molecule has 0 amide bonds. The molecule has 2 N–H and O–H groups in total. The summed E-state index contributed by atoms with van der Waals surface area (Å²) in [6.45, 7) is 2.05. The van der Waals surface area contributed by atoms with Crippen molar-refractivity contribution in [3.63, 3.8) is 0 Å². The molecule has 6 nitrogen and oxygen atoms in total. The van der Waals surface area contributed by atoms with Crippen LogP contribution in [0.1, 0.15) is 17.3 Å². The molecule has 0 atom stereocenters. The molecular formula is C11H11ClN4O2. The van der Waals surface area contributed by atoms with Crippen LogP contribution >= 0.6 is 11.6 Å². The molecule has 0 bridgehead atoms. The lowest BCUT2D eigenvalue weighted by atomic mass is 10.3. The van der Waals surface area contributed by atoms with E-state index in [4.69, 9.17) is 22.1 Å². The van der Waals surface area contributed by atoms with Gasteiger partial charge in [-0.05, 0) is 13.0 Å². The first kappa shape index (κ1) is 12.4. The van der Waals surface area contributed by atoms with Gasteiger partial charge in [0.05, 0.1) is 18.4 Å². The molecule has 0 radical (unpaired) electrons. The van der Waals surface area contributed by atoms with Gasteiger partial charge in [0, 0.05) is 18.0 Å². The van der Waals surface area contributed by atoms with Crippen LogP contribution in [-0.2, 0) is 4.74 Å². The molecule has 2 heterocycles. The second-order valence-electron chi connectivity index (χ2n) is 3.48. The number of pyridine rings is 1. The third kappa shape index (κ3) is 2.60. The Labute approximate surface area is 108 Å². The van der Waals surface area contributed by atoms with Crippen LogP contribution in [-0.4, -0.2) is 27.3 Å². The summed E-state index contributed by atoms with van der Waals surface area (Å²) in [4.78, 5) is 15.5. The molecule has 0 saturated heterocycles. The van der Waals surface area contributed by atoms with Gasteiger partial charge in [0.2, 0.25) is 0 Å². The van der Waals surface area contributed by atoms with Crippen molar-refractivity contribution in [2.24, 2.45) is 0 Å². The second-order valence-corrected chi connectivity index (χ2v) is 3.86. The number of hydrogen-bond acceptors (Lipinski definition) is 5. The highest BCUT2D eigenvalue weighted by Gasteiger charge is 2.11. The molecule has 7 heteroatoms. The zero-order valence-corrected chi connectivity index (χ0v) is 10.4. The van der Waals surface area contributed by atoms with Crippen LogP contribution in [0.15, 0.2) is 24.5 Å². The summed E-state index contributed by atoms with van der Waals surface area (Å²) in [5.41, 5.74) is 6.47. The Morgan fingerprint density at radius 3 is 3.00 bits per heavy atom. The van der Waals surface area contributed by atoms with Crippen LogP contribution in [0.5, 0.6) is 0 Å². The summed E-state index contributed by atoms with van der Waals surface area (Å²) in [6.07, 6.45) is 2.91. The Kier molecular flexibility index (Phi) is 3.47. The summed E-state index contributed by atoms with van der Waals surface area (Å²) in [6, 6.07) is 3.13. The van der Waals surface area contributed by atoms with E-state index in [1.165, 1.54) is 23.1 Å². The number of halogens is 1. The molecular weight excluding hydrogens is 256 g/mol. The number of esters is 1. The molecule has 2 aromatic rings. The van der Waals surface area contributed by atoms with Crippen molar-refractivity contribution in [3.8, 4) is 5.82 Å². The van der Waals surface area contributed by atoms with E-state index in [1.807, 2.05) is 0 Å². The van der Waals surface area contributed by atoms with Gasteiger partial charge >= 0.3 is 5.97 Å². The molecule has 94 valence electrons. The van der Waals surface area contributed by atoms with Gasteiger partial charge in [-0.3, -0.25) is 0 Å². The number of anilines is 1. The van der Waals surface area contributed by atoms with Gasteiger partial charge in [0.25, 0.3) is 0 Å². The zero-order chi connectivity index (χ0) is 13.1. The topological polar surface area (TPSA) is 83.0 Å². The first-order chi connectivity index (χ1) is 8.60. The van der Waals surface area contributed by atoms with E-state index in [0.717, 1.165) is 0 Å². The Bertz CT molecular complexity index is 562. The third-order valence-electron chi connectivity index (χ3n) is 2.13. The number of hydrogen-bond donors (Lipinski definition) is 1. The lowest BCUT2D eigenvalue weighted by Crippen LogP contribution is -2.03. The van der Waals surface area contributed by atoms with Crippen molar-refractivity contribution in [1.82, 2.24) is 14.8 Å². The summed E-state index contributed by atoms with van der Waals surface area (Å²) in [7, 11) is 0.